The first kappa shape index (κ1) is 15.5. The van der Waals surface area contributed by atoms with Gasteiger partial charge in [0, 0.05) is 18.3 Å². The van der Waals surface area contributed by atoms with Crippen LogP contribution in [0.5, 0.6) is 0 Å². The number of anilines is 2. The topological polar surface area (TPSA) is 93.4 Å². The highest BCUT2D eigenvalue weighted by molar-refractivity contribution is 7.98. The number of thioether (sulfide) groups is 1. The smallest absolute Gasteiger partial charge is 0.258 e. The van der Waals surface area contributed by atoms with Crippen molar-refractivity contribution in [2.24, 2.45) is 0 Å². The van der Waals surface area contributed by atoms with Crippen molar-refractivity contribution in [3.8, 4) is 5.95 Å². The zero-order chi connectivity index (χ0) is 15.1. The standard InChI is InChI=1S/C12H20N8S/c1-4-5-14-10-17-11(16-9(2)6-21-3)19-12(18-10)20-8-13-7-15-20/h7-9H,4-6H2,1-3H3,(H2,14,16,17,18,19). The minimum absolute atomic E-state index is 0.269. The summed E-state index contributed by atoms with van der Waals surface area (Å²) in [5.41, 5.74) is 0. The van der Waals surface area contributed by atoms with E-state index in [1.165, 1.54) is 11.0 Å². The van der Waals surface area contributed by atoms with Crippen LogP contribution in [0.4, 0.5) is 11.9 Å². The molecule has 114 valence electrons. The molecule has 1 unspecified atom stereocenters. The quantitative estimate of drug-likeness (QED) is 0.756. The number of hydrogen-bond acceptors (Lipinski definition) is 8. The van der Waals surface area contributed by atoms with Gasteiger partial charge in [-0.3, -0.25) is 0 Å². The summed E-state index contributed by atoms with van der Waals surface area (Å²) in [6.07, 6.45) is 6.08. The van der Waals surface area contributed by atoms with Gasteiger partial charge in [0.2, 0.25) is 11.9 Å². The first-order chi connectivity index (χ1) is 10.2. The molecule has 9 heteroatoms. The molecule has 2 aromatic heterocycles. The van der Waals surface area contributed by atoms with Gasteiger partial charge in [0.1, 0.15) is 12.7 Å². The van der Waals surface area contributed by atoms with E-state index in [1.807, 2.05) is 0 Å². The number of hydrogen-bond donors (Lipinski definition) is 2. The molecule has 0 aliphatic heterocycles. The fourth-order valence-electron chi connectivity index (χ4n) is 1.67. The third kappa shape index (κ3) is 4.55. The molecule has 0 amide bonds. The normalized spacial score (nSPS) is 12.1. The van der Waals surface area contributed by atoms with Gasteiger partial charge in [-0.05, 0) is 19.6 Å². The molecule has 2 heterocycles. The van der Waals surface area contributed by atoms with E-state index in [9.17, 15) is 0 Å². The molecule has 0 saturated carbocycles. The lowest BCUT2D eigenvalue weighted by molar-refractivity contribution is 0.784. The van der Waals surface area contributed by atoms with Crippen LogP contribution in [0.25, 0.3) is 5.95 Å². The molecular formula is C12H20N8S. The zero-order valence-corrected chi connectivity index (χ0v) is 13.3. The Morgan fingerprint density at radius 1 is 1.29 bits per heavy atom. The van der Waals surface area contributed by atoms with Crippen molar-refractivity contribution in [3.05, 3.63) is 12.7 Å². The Kier molecular flexibility index (Phi) is 5.73. The third-order valence-corrected chi connectivity index (χ3v) is 3.41. The predicted octanol–water partition coefficient (Wildman–Crippen LogP) is 1.44. The highest BCUT2D eigenvalue weighted by Gasteiger charge is 2.10. The van der Waals surface area contributed by atoms with E-state index in [4.69, 9.17) is 0 Å². The molecule has 0 saturated heterocycles. The zero-order valence-electron chi connectivity index (χ0n) is 12.4. The summed E-state index contributed by atoms with van der Waals surface area (Å²) in [6, 6.07) is 0.269. The fraction of sp³-hybridized carbons (Fsp3) is 0.583. The van der Waals surface area contributed by atoms with Crippen LogP contribution >= 0.6 is 11.8 Å². The SMILES string of the molecule is CCCNc1nc(NC(C)CSC)nc(-n2cncn2)n1. The summed E-state index contributed by atoms with van der Waals surface area (Å²) in [6.45, 7) is 4.99. The molecule has 0 radical (unpaired) electrons. The first-order valence-corrected chi connectivity index (χ1v) is 8.22. The molecule has 0 bridgehead atoms. The van der Waals surface area contributed by atoms with Crippen molar-refractivity contribution < 1.29 is 0 Å². The average molecular weight is 308 g/mol. The van der Waals surface area contributed by atoms with E-state index in [2.05, 4.69) is 55.8 Å². The Morgan fingerprint density at radius 2 is 2.10 bits per heavy atom. The van der Waals surface area contributed by atoms with Crippen molar-refractivity contribution >= 4 is 23.7 Å². The Hall–Kier alpha value is -1.90. The monoisotopic (exact) mass is 308 g/mol. The lowest BCUT2D eigenvalue weighted by atomic mass is 10.4. The second-order valence-electron chi connectivity index (χ2n) is 4.55. The van der Waals surface area contributed by atoms with Crippen LogP contribution < -0.4 is 10.6 Å². The maximum absolute atomic E-state index is 4.39. The van der Waals surface area contributed by atoms with Crippen molar-refractivity contribution in [2.75, 3.05) is 29.2 Å². The Bertz CT molecular complexity index is 544. The number of aromatic nitrogens is 6. The molecule has 2 N–H and O–H groups in total. The summed E-state index contributed by atoms with van der Waals surface area (Å²) in [4.78, 5) is 17.0. The van der Waals surface area contributed by atoms with Crippen LogP contribution in [0.3, 0.4) is 0 Å². The van der Waals surface area contributed by atoms with Crippen molar-refractivity contribution in [1.82, 2.24) is 29.7 Å². The lowest BCUT2D eigenvalue weighted by Crippen LogP contribution is -2.21. The molecule has 2 aromatic rings. The van der Waals surface area contributed by atoms with E-state index in [0.717, 1.165) is 18.7 Å². The highest BCUT2D eigenvalue weighted by atomic mass is 32.2. The average Bonchev–Trinajstić information content (AvgIpc) is 2.99. The number of nitrogens with zero attached hydrogens (tertiary/aromatic N) is 6. The van der Waals surface area contributed by atoms with E-state index in [-0.39, 0.29) is 6.04 Å². The number of nitrogens with one attached hydrogen (secondary N) is 2. The second-order valence-corrected chi connectivity index (χ2v) is 5.46. The van der Waals surface area contributed by atoms with Crippen LogP contribution in [0, 0.1) is 0 Å². The van der Waals surface area contributed by atoms with Gasteiger partial charge in [0.15, 0.2) is 0 Å². The third-order valence-electron chi connectivity index (χ3n) is 2.57. The van der Waals surface area contributed by atoms with E-state index < -0.39 is 0 Å². The summed E-state index contributed by atoms with van der Waals surface area (Å²) >= 11 is 1.77. The Balaban J connectivity index is 2.24. The molecule has 0 spiro atoms. The van der Waals surface area contributed by atoms with Gasteiger partial charge >= 0.3 is 0 Å². The molecule has 0 fully saturated rings. The summed E-state index contributed by atoms with van der Waals surface area (Å²) in [5.74, 6) is 2.49. The van der Waals surface area contributed by atoms with Gasteiger partial charge in [-0.1, -0.05) is 6.92 Å². The van der Waals surface area contributed by atoms with Crippen LogP contribution in [-0.2, 0) is 0 Å². The number of rotatable bonds is 8. The molecule has 2 rings (SSSR count). The summed E-state index contributed by atoms with van der Waals surface area (Å²) in [7, 11) is 0. The van der Waals surface area contributed by atoms with Crippen molar-refractivity contribution in [2.45, 2.75) is 26.3 Å². The van der Waals surface area contributed by atoms with Gasteiger partial charge in [-0.15, -0.1) is 0 Å². The van der Waals surface area contributed by atoms with E-state index >= 15 is 0 Å². The molecule has 21 heavy (non-hydrogen) atoms. The summed E-state index contributed by atoms with van der Waals surface area (Å²) < 4.78 is 1.52. The van der Waals surface area contributed by atoms with E-state index in [0.29, 0.717) is 17.8 Å². The minimum Gasteiger partial charge on any atom is -0.354 e. The Morgan fingerprint density at radius 3 is 2.76 bits per heavy atom. The van der Waals surface area contributed by atoms with Crippen LogP contribution in [0.1, 0.15) is 20.3 Å². The van der Waals surface area contributed by atoms with Gasteiger partial charge in [-0.2, -0.15) is 36.5 Å². The van der Waals surface area contributed by atoms with Gasteiger partial charge in [0.25, 0.3) is 5.95 Å². The van der Waals surface area contributed by atoms with Crippen LogP contribution in [0.2, 0.25) is 0 Å². The largest absolute Gasteiger partial charge is 0.354 e. The highest BCUT2D eigenvalue weighted by Crippen LogP contribution is 2.10. The van der Waals surface area contributed by atoms with Crippen molar-refractivity contribution in [1.29, 1.82) is 0 Å². The first-order valence-electron chi connectivity index (χ1n) is 6.83. The maximum Gasteiger partial charge on any atom is 0.258 e. The minimum atomic E-state index is 0.269. The Labute approximate surface area is 128 Å². The van der Waals surface area contributed by atoms with Gasteiger partial charge < -0.3 is 10.6 Å². The molecule has 0 aliphatic rings. The molecule has 0 aromatic carbocycles. The van der Waals surface area contributed by atoms with Crippen LogP contribution in [0.15, 0.2) is 12.7 Å². The maximum atomic E-state index is 4.39. The van der Waals surface area contributed by atoms with Crippen molar-refractivity contribution in [3.63, 3.8) is 0 Å². The lowest BCUT2D eigenvalue weighted by Gasteiger charge is -2.14. The molecule has 0 aliphatic carbocycles. The second kappa shape index (κ2) is 7.77. The summed E-state index contributed by atoms with van der Waals surface area (Å²) in [5, 5.41) is 10.5. The van der Waals surface area contributed by atoms with E-state index in [1.54, 1.807) is 18.1 Å². The fourth-order valence-corrected chi connectivity index (χ4v) is 2.25. The van der Waals surface area contributed by atoms with Crippen LogP contribution in [-0.4, -0.2) is 54.3 Å². The predicted molar refractivity (Wildman–Crippen MR) is 85.0 cm³/mol. The molecule has 1 atom stereocenters. The van der Waals surface area contributed by atoms with Gasteiger partial charge in [-0.25, -0.2) is 4.98 Å². The van der Waals surface area contributed by atoms with Gasteiger partial charge in [0.05, 0.1) is 0 Å². The molecular weight excluding hydrogens is 288 g/mol. The molecule has 8 nitrogen and oxygen atoms in total.